The van der Waals surface area contributed by atoms with E-state index in [-0.39, 0.29) is 0 Å². The molecule has 4 atom stereocenters. The molecule has 0 spiro atoms. The maximum Gasteiger partial charge on any atom is 0.00597 e. The van der Waals surface area contributed by atoms with E-state index < -0.39 is 0 Å². The van der Waals surface area contributed by atoms with Crippen molar-refractivity contribution in [1.82, 2.24) is 0 Å². The van der Waals surface area contributed by atoms with E-state index in [1.165, 1.54) is 50.3 Å². The van der Waals surface area contributed by atoms with Crippen molar-refractivity contribution < 1.29 is 0 Å². The van der Waals surface area contributed by atoms with Crippen LogP contribution in [0.2, 0.25) is 0 Å². The molecule has 100 valence electrons. The lowest BCUT2D eigenvalue weighted by atomic mass is 9.64. The number of fused-ring (bicyclic) bond motifs is 1. The summed E-state index contributed by atoms with van der Waals surface area (Å²) in [5.74, 6) is 4.27. The van der Waals surface area contributed by atoms with Gasteiger partial charge in [-0.3, -0.25) is 0 Å². The summed E-state index contributed by atoms with van der Waals surface area (Å²) >= 11 is 3.68. The van der Waals surface area contributed by atoms with Gasteiger partial charge in [-0.1, -0.05) is 55.0 Å². The average Bonchev–Trinajstić information content (AvgIpc) is 2.38. The summed E-state index contributed by atoms with van der Waals surface area (Å²) in [5.41, 5.74) is 0. The SMILES string of the molecule is CCCCCC1CCC2CC(CBr)CCC2C1. The minimum Gasteiger partial charge on any atom is -0.0925 e. The minimum atomic E-state index is 0.993. The Hall–Kier alpha value is 0.480. The zero-order chi connectivity index (χ0) is 12.1. The van der Waals surface area contributed by atoms with E-state index in [4.69, 9.17) is 0 Å². The summed E-state index contributed by atoms with van der Waals surface area (Å²) in [4.78, 5) is 0. The van der Waals surface area contributed by atoms with Crippen molar-refractivity contribution in [3.8, 4) is 0 Å². The van der Waals surface area contributed by atoms with Crippen LogP contribution in [0.1, 0.15) is 71.1 Å². The molecule has 0 nitrogen and oxygen atoms in total. The number of unbranched alkanes of at least 4 members (excludes halogenated alkanes) is 2. The Morgan fingerprint density at radius 3 is 2.18 bits per heavy atom. The lowest BCUT2D eigenvalue weighted by molar-refractivity contribution is 0.101. The molecule has 2 fully saturated rings. The number of hydrogen-bond donors (Lipinski definition) is 0. The fraction of sp³-hybridized carbons (Fsp3) is 1.00. The minimum absolute atomic E-state index is 0.993. The van der Waals surface area contributed by atoms with Gasteiger partial charge in [0.05, 0.1) is 0 Å². The Bertz CT molecular complexity index is 214. The molecule has 17 heavy (non-hydrogen) atoms. The molecule has 0 heterocycles. The lowest BCUT2D eigenvalue weighted by Gasteiger charge is -2.42. The Labute approximate surface area is 116 Å². The molecule has 2 saturated carbocycles. The Morgan fingerprint density at radius 1 is 0.882 bits per heavy atom. The topological polar surface area (TPSA) is 0 Å². The van der Waals surface area contributed by atoms with Crippen LogP contribution in [0.4, 0.5) is 0 Å². The van der Waals surface area contributed by atoms with E-state index in [0.717, 1.165) is 23.7 Å². The lowest BCUT2D eigenvalue weighted by Crippen LogP contribution is -2.31. The Balaban J connectivity index is 1.73. The maximum atomic E-state index is 3.68. The third kappa shape index (κ3) is 3.98. The fourth-order valence-corrected chi connectivity index (χ4v) is 4.76. The van der Waals surface area contributed by atoms with Crippen molar-refractivity contribution in [2.24, 2.45) is 23.7 Å². The smallest absolute Gasteiger partial charge is 0.00597 e. The second-order valence-corrected chi connectivity index (χ2v) is 7.18. The van der Waals surface area contributed by atoms with Gasteiger partial charge >= 0.3 is 0 Å². The molecule has 0 aromatic heterocycles. The molecule has 2 aliphatic carbocycles. The van der Waals surface area contributed by atoms with E-state index in [1.54, 1.807) is 19.3 Å². The fourth-order valence-electron chi connectivity index (χ4n) is 4.17. The molecule has 0 amide bonds. The van der Waals surface area contributed by atoms with Gasteiger partial charge in [0, 0.05) is 5.33 Å². The van der Waals surface area contributed by atoms with Gasteiger partial charge in [-0.15, -0.1) is 0 Å². The Morgan fingerprint density at radius 2 is 1.53 bits per heavy atom. The summed E-state index contributed by atoms with van der Waals surface area (Å²) in [6.07, 6.45) is 15.1. The van der Waals surface area contributed by atoms with Crippen molar-refractivity contribution in [3.63, 3.8) is 0 Å². The van der Waals surface area contributed by atoms with E-state index in [0.29, 0.717) is 0 Å². The largest absolute Gasteiger partial charge is 0.0925 e. The van der Waals surface area contributed by atoms with Crippen molar-refractivity contribution in [1.29, 1.82) is 0 Å². The van der Waals surface area contributed by atoms with E-state index in [1.807, 2.05) is 0 Å². The van der Waals surface area contributed by atoms with E-state index in [2.05, 4.69) is 22.9 Å². The first kappa shape index (κ1) is 13.9. The van der Waals surface area contributed by atoms with Crippen LogP contribution in [0.5, 0.6) is 0 Å². The second kappa shape index (κ2) is 7.16. The highest BCUT2D eigenvalue weighted by Gasteiger charge is 2.34. The van der Waals surface area contributed by atoms with E-state index >= 15 is 0 Å². The molecule has 4 unspecified atom stereocenters. The molecule has 0 aliphatic heterocycles. The van der Waals surface area contributed by atoms with Crippen LogP contribution >= 0.6 is 15.9 Å². The molecule has 0 saturated heterocycles. The van der Waals surface area contributed by atoms with Gasteiger partial charge in [0.25, 0.3) is 0 Å². The first-order chi connectivity index (χ1) is 8.33. The van der Waals surface area contributed by atoms with E-state index in [9.17, 15) is 0 Å². The van der Waals surface area contributed by atoms with Crippen LogP contribution in [-0.4, -0.2) is 5.33 Å². The average molecular weight is 301 g/mol. The summed E-state index contributed by atoms with van der Waals surface area (Å²) in [7, 11) is 0. The van der Waals surface area contributed by atoms with Crippen LogP contribution in [0.15, 0.2) is 0 Å². The van der Waals surface area contributed by atoms with Gasteiger partial charge in [0.2, 0.25) is 0 Å². The van der Waals surface area contributed by atoms with Crippen molar-refractivity contribution in [2.75, 3.05) is 5.33 Å². The van der Waals surface area contributed by atoms with Crippen LogP contribution in [0, 0.1) is 23.7 Å². The third-order valence-corrected chi connectivity index (χ3v) is 6.18. The number of rotatable bonds is 5. The zero-order valence-electron chi connectivity index (χ0n) is 11.5. The van der Waals surface area contributed by atoms with Crippen molar-refractivity contribution in [2.45, 2.75) is 71.1 Å². The molecule has 2 rings (SSSR count). The van der Waals surface area contributed by atoms with Gasteiger partial charge in [0.15, 0.2) is 0 Å². The van der Waals surface area contributed by atoms with Crippen LogP contribution < -0.4 is 0 Å². The number of hydrogen-bond acceptors (Lipinski definition) is 0. The zero-order valence-corrected chi connectivity index (χ0v) is 13.1. The number of halogens is 1. The molecule has 2 aliphatic rings. The second-order valence-electron chi connectivity index (χ2n) is 6.53. The monoisotopic (exact) mass is 300 g/mol. The molecule has 0 aromatic carbocycles. The molecule has 1 heteroatoms. The summed E-state index contributed by atoms with van der Waals surface area (Å²) in [6.45, 7) is 2.32. The van der Waals surface area contributed by atoms with Crippen LogP contribution in [0.3, 0.4) is 0 Å². The van der Waals surface area contributed by atoms with Crippen molar-refractivity contribution >= 4 is 15.9 Å². The van der Waals surface area contributed by atoms with Gasteiger partial charge in [-0.25, -0.2) is 0 Å². The standard InChI is InChI=1S/C16H29Br/c1-2-3-4-5-13-6-8-16-11-14(12-17)7-9-15(16)10-13/h13-16H,2-12H2,1H3. The number of alkyl halides is 1. The normalized spacial score (nSPS) is 37.8. The van der Waals surface area contributed by atoms with Gasteiger partial charge in [0.1, 0.15) is 0 Å². The van der Waals surface area contributed by atoms with Crippen LogP contribution in [0.25, 0.3) is 0 Å². The summed E-state index contributed by atoms with van der Waals surface area (Å²) in [6, 6.07) is 0. The molecule has 0 N–H and O–H groups in total. The van der Waals surface area contributed by atoms with Gasteiger partial charge in [-0.2, -0.15) is 0 Å². The molecule has 0 aromatic rings. The predicted molar refractivity (Wildman–Crippen MR) is 79.6 cm³/mol. The van der Waals surface area contributed by atoms with Gasteiger partial charge < -0.3 is 0 Å². The van der Waals surface area contributed by atoms with Crippen LogP contribution in [-0.2, 0) is 0 Å². The molecular formula is C16H29Br. The summed E-state index contributed by atoms with van der Waals surface area (Å²) < 4.78 is 0. The quantitative estimate of drug-likeness (QED) is 0.445. The highest BCUT2D eigenvalue weighted by Crippen LogP contribution is 2.46. The van der Waals surface area contributed by atoms with Gasteiger partial charge in [-0.05, 0) is 55.8 Å². The molecule has 0 radical (unpaired) electrons. The first-order valence-electron chi connectivity index (χ1n) is 7.89. The highest BCUT2D eigenvalue weighted by atomic mass is 79.9. The Kier molecular flexibility index (Phi) is 5.86. The first-order valence-corrected chi connectivity index (χ1v) is 9.01. The highest BCUT2D eigenvalue weighted by molar-refractivity contribution is 9.09. The predicted octanol–water partition coefficient (Wildman–Crippen LogP) is 5.79. The van der Waals surface area contributed by atoms with Crippen molar-refractivity contribution in [3.05, 3.63) is 0 Å². The molecule has 0 bridgehead atoms. The maximum absolute atomic E-state index is 3.68. The summed E-state index contributed by atoms with van der Waals surface area (Å²) in [5, 5.41) is 1.25. The third-order valence-electron chi connectivity index (χ3n) is 5.26. The molecular weight excluding hydrogens is 272 g/mol.